The first-order valence-electron chi connectivity index (χ1n) is 5.85. The van der Waals surface area contributed by atoms with Crippen molar-refractivity contribution in [3.05, 3.63) is 31.8 Å². The lowest BCUT2D eigenvalue weighted by Crippen LogP contribution is -2.51. The highest BCUT2D eigenvalue weighted by molar-refractivity contribution is 14.1. The van der Waals surface area contributed by atoms with Gasteiger partial charge in [0.25, 0.3) is 5.91 Å². The van der Waals surface area contributed by atoms with E-state index in [1.807, 2.05) is 25.1 Å². The van der Waals surface area contributed by atoms with Crippen molar-refractivity contribution >= 4 is 44.4 Å². The number of halogens is 2. The van der Waals surface area contributed by atoms with Gasteiger partial charge in [0, 0.05) is 14.6 Å². The minimum Gasteiger partial charge on any atom is -0.379 e. The van der Waals surface area contributed by atoms with Crippen LogP contribution in [0.3, 0.4) is 0 Å². The Balaban J connectivity index is 2.14. The highest BCUT2D eigenvalue weighted by Crippen LogP contribution is 2.23. The van der Waals surface area contributed by atoms with E-state index in [4.69, 9.17) is 4.74 Å². The predicted octanol–water partition coefficient (Wildman–Crippen LogP) is 3.35. The fraction of sp³-hybridized carbons (Fsp3) is 0.462. The molecule has 1 N–H and O–H groups in total. The van der Waals surface area contributed by atoms with E-state index in [9.17, 15) is 4.79 Å². The van der Waals surface area contributed by atoms with Crippen molar-refractivity contribution in [2.75, 3.05) is 13.2 Å². The number of carbonyl (C=O) groups is 1. The summed E-state index contributed by atoms with van der Waals surface area (Å²) in [5, 5.41) is 3.08. The van der Waals surface area contributed by atoms with Crippen LogP contribution in [0, 0.1) is 3.57 Å². The lowest BCUT2D eigenvalue weighted by Gasteiger charge is -2.34. The van der Waals surface area contributed by atoms with Crippen LogP contribution in [0.2, 0.25) is 0 Å². The van der Waals surface area contributed by atoms with Crippen molar-refractivity contribution in [2.24, 2.45) is 0 Å². The Labute approximate surface area is 129 Å². The fourth-order valence-electron chi connectivity index (χ4n) is 2.05. The highest BCUT2D eigenvalue weighted by atomic mass is 127. The summed E-state index contributed by atoms with van der Waals surface area (Å²) >= 11 is 5.62. The summed E-state index contributed by atoms with van der Waals surface area (Å²) in [4.78, 5) is 12.3. The van der Waals surface area contributed by atoms with Gasteiger partial charge in [-0.2, -0.15) is 0 Å². The number of nitrogens with one attached hydrogen (secondary N) is 1. The van der Waals surface area contributed by atoms with Gasteiger partial charge in [-0.15, -0.1) is 0 Å². The molecule has 0 aliphatic carbocycles. The predicted molar refractivity (Wildman–Crippen MR) is 82.8 cm³/mol. The van der Waals surface area contributed by atoms with E-state index in [0.717, 1.165) is 27.5 Å². The molecule has 5 heteroatoms. The summed E-state index contributed by atoms with van der Waals surface area (Å²) in [7, 11) is 0. The first-order chi connectivity index (χ1) is 8.50. The molecule has 0 bridgehead atoms. The molecule has 1 aromatic carbocycles. The third-order valence-corrected chi connectivity index (χ3v) is 4.39. The minimum atomic E-state index is -0.254. The van der Waals surface area contributed by atoms with E-state index in [0.29, 0.717) is 12.2 Å². The highest BCUT2D eigenvalue weighted by Gasteiger charge is 2.30. The molecule has 2 rings (SSSR count). The van der Waals surface area contributed by atoms with Gasteiger partial charge in [0.15, 0.2) is 0 Å². The van der Waals surface area contributed by atoms with E-state index in [1.165, 1.54) is 0 Å². The smallest absolute Gasteiger partial charge is 0.252 e. The van der Waals surface area contributed by atoms with E-state index < -0.39 is 0 Å². The molecule has 0 aromatic heterocycles. The Kier molecular flexibility index (Phi) is 4.66. The molecule has 1 aliphatic heterocycles. The SMILES string of the molecule is CC1(NC(=O)c2cc(I)ccc2Br)CCCOC1. The second kappa shape index (κ2) is 5.88. The number of hydrogen-bond donors (Lipinski definition) is 1. The first-order valence-corrected chi connectivity index (χ1v) is 7.73. The van der Waals surface area contributed by atoms with Crippen LogP contribution < -0.4 is 5.32 Å². The number of benzene rings is 1. The molecule has 98 valence electrons. The Morgan fingerprint density at radius 2 is 2.33 bits per heavy atom. The van der Waals surface area contributed by atoms with Gasteiger partial charge in [0.05, 0.1) is 17.7 Å². The molecule has 1 amide bonds. The molecule has 1 aromatic rings. The Morgan fingerprint density at radius 3 is 3.00 bits per heavy atom. The van der Waals surface area contributed by atoms with Gasteiger partial charge in [0.1, 0.15) is 0 Å². The molecular weight excluding hydrogens is 409 g/mol. The summed E-state index contributed by atoms with van der Waals surface area (Å²) in [6, 6.07) is 5.75. The van der Waals surface area contributed by atoms with Crippen LogP contribution >= 0.6 is 38.5 Å². The van der Waals surface area contributed by atoms with Gasteiger partial charge in [0.2, 0.25) is 0 Å². The van der Waals surface area contributed by atoms with Gasteiger partial charge in [-0.1, -0.05) is 0 Å². The van der Waals surface area contributed by atoms with Gasteiger partial charge >= 0.3 is 0 Å². The van der Waals surface area contributed by atoms with Gasteiger partial charge in [-0.25, -0.2) is 0 Å². The molecule has 1 unspecified atom stereocenters. The van der Waals surface area contributed by atoms with Crippen LogP contribution in [0.4, 0.5) is 0 Å². The van der Waals surface area contributed by atoms with Crippen molar-refractivity contribution < 1.29 is 9.53 Å². The average molecular weight is 424 g/mol. The van der Waals surface area contributed by atoms with Crippen LogP contribution in [0.5, 0.6) is 0 Å². The number of rotatable bonds is 2. The fourth-order valence-corrected chi connectivity index (χ4v) is 2.96. The molecule has 1 aliphatic rings. The Morgan fingerprint density at radius 1 is 1.56 bits per heavy atom. The maximum atomic E-state index is 12.3. The number of hydrogen-bond acceptors (Lipinski definition) is 2. The molecule has 0 saturated carbocycles. The summed E-state index contributed by atoms with van der Waals surface area (Å²) in [6.45, 7) is 3.41. The lowest BCUT2D eigenvalue weighted by atomic mass is 9.94. The molecule has 1 atom stereocenters. The van der Waals surface area contributed by atoms with E-state index >= 15 is 0 Å². The quantitative estimate of drug-likeness (QED) is 0.740. The zero-order chi connectivity index (χ0) is 13.2. The number of amides is 1. The van der Waals surface area contributed by atoms with Crippen LogP contribution in [0.25, 0.3) is 0 Å². The first kappa shape index (κ1) is 14.3. The summed E-state index contributed by atoms with van der Waals surface area (Å²) in [5.74, 6) is -0.0478. The van der Waals surface area contributed by atoms with Crippen LogP contribution in [-0.4, -0.2) is 24.7 Å². The van der Waals surface area contributed by atoms with E-state index in [1.54, 1.807) is 0 Å². The molecule has 0 radical (unpaired) electrons. The topological polar surface area (TPSA) is 38.3 Å². The second-order valence-corrected chi connectivity index (χ2v) is 6.90. The van der Waals surface area contributed by atoms with E-state index in [-0.39, 0.29) is 11.4 Å². The molecule has 18 heavy (non-hydrogen) atoms. The number of carbonyl (C=O) groups excluding carboxylic acids is 1. The molecule has 1 heterocycles. The van der Waals surface area contributed by atoms with Crippen LogP contribution in [-0.2, 0) is 4.74 Å². The van der Waals surface area contributed by atoms with Gasteiger partial charge in [-0.3, -0.25) is 4.79 Å². The zero-order valence-electron chi connectivity index (χ0n) is 10.1. The van der Waals surface area contributed by atoms with Crippen molar-refractivity contribution in [1.29, 1.82) is 0 Å². The summed E-state index contributed by atoms with van der Waals surface area (Å²) < 4.78 is 7.32. The molecular formula is C13H15BrINO2. The lowest BCUT2D eigenvalue weighted by molar-refractivity contribution is 0.0272. The Hall–Kier alpha value is -0.140. The minimum absolute atomic E-state index is 0.0478. The molecule has 3 nitrogen and oxygen atoms in total. The third kappa shape index (κ3) is 3.45. The van der Waals surface area contributed by atoms with Gasteiger partial charge < -0.3 is 10.1 Å². The normalized spacial score (nSPS) is 23.7. The van der Waals surface area contributed by atoms with Crippen molar-refractivity contribution in [2.45, 2.75) is 25.3 Å². The largest absolute Gasteiger partial charge is 0.379 e. The van der Waals surface area contributed by atoms with Crippen LogP contribution in [0.15, 0.2) is 22.7 Å². The monoisotopic (exact) mass is 423 g/mol. The Bertz CT molecular complexity index is 458. The summed E-state index contributed by atoms with van der Waals surface area (Å²) in [5.41, 5.74) is 0.421. The van der Waals surface area contributed by atoms with Crippen LogP contribution in [0.1, 0.15) is 30.1 Å². The van der Waals surface area contributed by atoms with Crippen molar-refractivity contribution in [3.63, 3.8) is 0 Å². The molecule has 0 spiro atoms. The zero-order valence-corrected chi connectivity index (χ0v) is 13.9. The second-order valence-electron chi connectivity index (χ2n) is 4.80. The standard InChI is InChI=1S/C13H15BrINO2/c1-13(5-2-6-18-8-13)16-12(17)10-7-9(15)3-4-11(10)14/h3-4,7H,2,5-6,8H2,1H3,(H,16,17). The maximum Gasteiger partial charge on any atom is 0.252 e. The maximum absolute atomic E-state index is 12.3. The molecule has 1 saturated heterocycles. The third-order valence-electron chi connectivity index (χ3n) is 3.03. The van der Waals surface area contributed by atoms with Crippen molar-refractivity contribution in [1.82, 2.24) is 5.32 Å². The number of ether oxygens (including phenoxy) is 1. The molecule has 1 fully saturated rings. The van der Waals surface area contributed by atoms with Gasteiger partial charge in [-0.05, 0) is 76.5 Å². The van der Waals surface area contributed by atoms with E-state index in [2.05, 4.69) is 43.8 Å². The average Bonchev–Trinajstić information content (AvgIpc) is 2.32. The summed E-state index contributed by atoms with van der Waals surface area (Å²) in [6.07, 6.45) is 1.95. The van der Waals surface area contributed by atoms with Crippen molar-refractivity contribution in [3.8, 4) is 0 Å².